The molecule has 1 unspecified atom stereocenters. The van der Waals surface area contributed by atoms with Gasteiger partial charge in [-0.15, -0.1) is 0 Å². The molecular formula is C21H20FN. The highest BCUT2D eigenvalue weighted by atomic mass is 19.1. The summed E-state index contributed by atoms with van der Waals surface area (Å²) in [4.78, 5) is 2.48. The van der Waals surface area contributed by atoms with Crippen LogP contribution in [-0.4, -0.2) is 18.0 Å². The Morgan fingerprint density at radius 3 is 2.57 bits per heavy atom. The van der Waals surface area contributed by atoms with Crippen LogP contribution in [0.1, 0.15) is 17.5 Å². The molecule has 1 fully saturated rings. The molecule has 1 saturated heterocycles. The Bertz CT molecular complexity index is 743. The first-order valence-electron chi connectivity index (χ1n) is 8.24. The fraction of sp³-hybridized carbons (Fsp3) is 0.238. The molecule has 0 bridgehead atoms. The van der Waals surface area contributed by atoms with E-state index in [1.807, 2.05) is 12.1 Å². The molecule has 0 spiro atoms. The number of allylic oxidation sites excluding steroid dienone is 3. The maximum absolute atomic E-state index is 13.2. The van der Waals surface area contributed by atoms with Crippen LogP contribution in [0.3, 0.4) is 0 Å². The van der Waals surface area contributed by atoms with E-state index < -0.39 is 0 Å². The Morgan fingerprint density at radius 2 is 1.78 bits per heavy atom. The summed E-state index contributed by atoms with van der Waals surface area (Å²) in [6.45, 7) is 2.10. The Morgan fingerprint density at radius 1 is 1.00 bits per heavy atom. The molecule has 2 aromatic carbocycles. The molecule has 0 N–H and O–H groups in total. The van der Waals surface area contributed by atoms with Gasteiger partial charge in [-0.25, -0.2) is 4.39 Å². The minimum Gasteiger partial charge on any atom is -0.370 e. The van der Waals surface area contributed by atoms with E-state index in [0.29, 0.717) is 5.92 Å². The third-order valence-corrected chi connectivity index (χ3v) is 4.79. The van der Waals surface area contributed by atoms with Crippen molar-refractivity contribution in [1.82, 2.24) is 4.90 Å². The Balaban J connectivity index is 1.59. The van der Waals surface area contributed by atoms with Gasteiger partial charge in [-0.2, -0.15) is 0 Å². The lowest BCUT2D eigenvalue weighted by Gasteiger charge is -2.24. The molecule has 1 atom stereocenters. The predicted molar refractivity (Wildman–Crippen MR) is 92.3 cm³/mol. The van der Waals surface area contributed by atoms with Gasteiger partial charge in [0.15, 0.2) is 0 Å². The lowest BCUT2D eigenvalue weighted by molar-refractivity contribution is 0.396. The summed E-state index contributed by atoms with van der Waals surface area (Å²) in [6, 6.07) is 17.6. The molecule has 0 amide bonds. The average molecular weight is 305 g/mol. The van der Waals surface area contributed by atoms with Crippen LogP contribution in [0, 0.1) is 11.7 Å². The summed E-state index contributed by atoms with van der Waals surface area (Å²) < 4.78 is 13.2. The van der Waals surface area contributed by atoms with Crippen molar-refractivity contribution in [3.63, 3.8) is 0 Å². The number of hydrogen-bond acceptors (Lipinski definition) is 1. The summed E-state index contributed by atoms with van der Waals surface area (Å²) in [7, 11) is 0. The fourth-order valence-electron chi connectivity index (χ4n) is 3.72. The van der Waals surface area contributed by atoms with Gasteiger partial charge in [-0.1, -0.05) is 54.6 Å². The molecule has 0 aliphatic carbocycles. The first-order chi connectivity index (χ1) is 11.3. The van der Waals surface area contributed by atoms with Crippen LogP contribution < -0.4 is 0 Å². The molecule has 2 aliphatic rings. The van der Waals surface area contributed by atoms with E-state index in [1.165, 1.54) is 16.8 Å². The van der Waals surface area contributed by atoms with Crippen LogP contribution in [0.15, 0.2) is 72.4 Å². The molecule has 4 rings (SSSR count). The van der Waals surface area contributed by atoms with Crippen molar-refractivity contribution < 1.29 is 4.39 Å². The zero-order chi connectivity index (χ0) is 15.6. The van der Waals surface area contributed by atoms with Crippen LogP contribution >= 0.6 is 0 Å². The third kappa shape index (κ3) is 2.94. The third-order valence-electron chi connectivity index (χ3n) is 4.79. The van der Waals surface area contributed by atoms with Gasteiger partial charge in [0.1, 0.15) is 5.82 Å². The fourth-order valence-corrected chi connectivity index (χ4v) is 3.72. The number of rotatable bonds is 3. The van der Waals surface area contributed by atoms with Gasteiger partial charge < -0.3 is 4.90 Å². The lowest BCUT2D eigenvalue weighted by Crippen LogP contribution is -2.22. The maximum atomic E-state index is 13.2. The van der Waals surface area contributed by atoms with E-state index in [0.717, 1.165) is 31.5 Å². The Labute approximate surface area is 136 Å². The van der Waals surface area contributed by atoms with Gasteiger partial charge in [-0.05, 0) is 42.0 Å². The quantitative estimate of drug-likeness (QED) is 0.796. The van der Waals surface area contributed by atoms with Crippen molar-refractivity contribution >= 4 is 5.57 Å². The van der Waals surface area contributed by atoms with Gasteiger partial charge >= 0.3 is 0 Å². The molecule has 2 aromatic rings. The van der Waals surface area contributed by atoms with Crippen molar-refractivity contribution in [2.75, 3.05) is 13.1 Å². The predicted octanol–water partition coefficient (Wildman–Crippen LogP) is 4.67. The summed E-state index contributed by atoms with van der Waals surface area (Å²) in [6.07, 6.45) is 6.64. The Hall–Kier alpha value is -2.35. The summed E-state index contributed by atoms with van der Waals surface area (Å²) in [5.41, 5.74) is 5.20. The smallest absolute Gasteiger partial charge is 0.123 e. The molecule has 2 heteroatoms. The number of hydrogen-bond donors (Lipinski definition) is 0. The second-order valence-corrected chi connectivity index (χ2v) is 6.43. The molecule has 0 aromatic heterocycles. The molecule has 2 aliphatic heterocycles. The minimum atomic E-state index is -0.177. The van der Waals surface area contributed by atoms with Gasteiger partial charge in [-0.3, -0.25) is 0 Å². The zero-order valence-electron chi connectivity index (χ0n) is 13.1. The maximum Gasteiger partial charge on any atom is 0.123 e. The van der Waals surface area contributed by atoms with Crippen LogP contribution in [0.2, 0.25) is 0 Å². The van der Waals surface area contributed by atoms with E-state index >= 15 is 0 Å². The van der Waals surface area contributed by atoms with E-state index in [4.69, 9.17) is 0 Å². The van der Waals surface area contributed by atoms with Crippen molar-refractivity contribution in [1.29, 1.82) is 0 Å². The monoisotopic (exact) mass is 305 g/mol. The minimum absolute atomic E-state index is 0.177. The van der Waals surface area contributed by atoms with Crippen molar-refractivity contribution in [2.45, 2.75) is 12.8 Å². The summed E-state index contributed by atoms with van der Waals surface area (Å²) >= 11 is 0. The average Bonchev–Trinajstić information content (AvgIpc) is 2.99. The standard InChI is InChI=1S/C21H20FN/c22-19-10-8-18(9-11-19)20-7-4-12-23-15-17(14-21(20)23)13-16-5-2-1-3-6-16/h1-11,17H,12-15H2. The highest BCUT2D eigenvalue weighted by Gasteiger charge is 2.29. The molecular weight excluding hydrogens is 285 g/mol. The zero-order valence-corrected chi connectivity index (χ0v) is 13.1. The number of benzene rings is 2. The molecule has 116 valence electrons. The first-order valence-corrected chi connectivity index (χ1v) is 8.24. The topological polar surface area (TPSA) is 3.24 Å². The Kier molecular flexibility index (Phi) is 3.74. The van der Waals surface area contributed by atoms with E-state index in [-0.39, 0.29) is 5.82 Å². The normalized spacial score (nSPS) is 20.0. The summed E-state index contributed by atoms with van der Waals surface area (Å²) in [5, 5.41) is 0. The molecule has 0 radical (unpaired) electrons. The van der Waals surface area contributed by atoms with Crippen molar-refractivity contribution in [3.05, 3.63) is 89.4 Å². The number of fused-ring (bicyclic) bond motifs is 1. The first kappa shape index (κ1) is 14.3. The van der Waals surface area contributed by atoms with E-state index in [2.05, 4.69) is 47.4 Å². The molecule has 1 nitrogen and oxygen atoms in total. The van der Waals surface area contributed by atoms with E-state index in [1.54, 1.807) is 12.1 Å². The SMILES string of the molecule is Fc1ccc(C2=C3CC(Cc4ccccc4)CN3CC=C2)cc1. The van der Waals surface area contributed by atoms with Crippen molar-refractivity contribution in [2.24, 2.45) is 5.92 Å². The molecule has 23 heavy (non-hydrogen) atoms. The van der Waals surface area contributed by atoms with Gasteiger partial charge in [0.05, 0.1) is 0 Å². The lowest BCUT2D eigenvalue weighted by atomic mass is 9.95. The summed E-state index contributed by atoms with van der Waals surface area (Å²) in [5.74, 6) is 0.479. The molecule has 0 saturated carbocycles. The van der Waals surface area contributed by atoms with Gasteiger partial charge in [0.25, 0.3) is 0 Å². The van der Waals surface area contributed by atoms with E-state index in [9.17, 15) is 4.39 Å². The largest absolute Gasteiger partial charge is 0.370 e. The molecule has 2 heterocycles. The highest BCUT2D eigenvalue weighted by molar-refractivity contribution is 5.77. The van der Waals surface area contributed by atoms with Crippen LogP contribution in [-0.2, 0) is 6.42 Å². The number of halogens is 1. The highest BCUT2D eigenvalue weighted by Crippen LogP contribution is 2.37. The second-order valence-electron chi connectivity index (χ2n) is 6.43. The van der Waals surface area contributed by atoms with Gasteiger partial charge in [0.2, 0.25) is 0 Å². The number of nitrogens with zero attached hydrogens (tertiary/aromatic N) is 1. The van der Waals surface area contributed by atoms with Crippen LogP contribution in [0.25, 0.3) is 5.57 Å². The van der Waals surface area contributed by atoms with Crippen LogP contribution in [0.5, 0.6) is 0 Å². The van der Waals surface area contributed by atoms with Crippen molar-refractivity contribution in [3.8, 4) is 0 Å². The van der Waals surface area contributed by atoms with Crippen LogP contribution in [0.4, 0.5) is 4.39 Å². The second kappa shape index (κ2) is 6.04. The van der Waals surface area contributed by atoms with Gasteiger partial charge in [0, 0.05) is 24.4 Å².